The highest BCUT2D eigenvalue weighted by Crippen LogP contribution is 2.35. The molecule has 1 aliphatic rings. The Kier molecular flexibility index (Phi) is 5.15. The molecule has 0 radical (unpaired) electrons. The van der Waals surface area contributed by atoms with E-state index in [2.05, 4.69) is 4.42 Å². The smallest absolute Gasteiger partial charge is 0.449 e. The molecule has 1 fully saturated rings. The molecule has 1 aromatic rings. The first-order valence-corrected chi connectivity index (χ1v) is 7.55. The number of furan rings is 1. The number of aliphatic carboxylic acids is 1. The minimum Gasteiger partial charge on any atom is -0.481 e. The van der Waals surface area contributed by atoms with Gasteiger partial charge in [0, 0.05) is 19.0 Å². The molecule has 2 rings (SSSR count). The second-order valence-electron chi connectivity index (χ2n) is 4.53. The van der Waals surface area contributed by atoms with Crippen LogP contribution in [0.25, 0.3) is 6.08 Å². The van der Waals surface area contributed by atoms with Crippen LogP contribution in [0.15, 0.2) is 21.5 Å². The van der Waals surface area contributed by atoms with Crippen molar-refractivity contribution in [1.82, 2.24) is 4.90 Å². The molecule has 5 nitrogen and oxygen atoms in total. The van der Waals surface area contributed by atoms with Gasteiger partial charge in [-0.1, -0.05) is 24.0 Å². The van der Waals surface area contributed by atoms with Crippen molar-refractivity contribution in [2.24, 2.45) is 0 Å². The number of carboxylic acids is 1. The van der Waals surface area contributed by atoms with Crippen LogP contribution >= 0.6 is 24.0 Å². The summed E-state index contributed by atoms with van der Waals surface area (Å²) in [5, 5.41) is 8.58. The largest absolute Gasteiger partial charge is 0.481 e. The number of nitrogens with zero attached hydrogens (tertiary/aromatic N) is 1. The van der Waals surface area contributed by atoms with Crippen molar-refractivity contribution < 1.29 is 32.3 Å². The van der Waals surface area contributed by atoms with Gasteiger partial charge in [-0.3, -0.25) is 14.5 Å². The van der Waals surface area contributed by atoms with E-state index in [1.807, 2.05) is 0 Å². The fourth-order valence-electron chi connectivity index (χ4n) is 1.79. The highest BCUT2D eigenvalue weighted by molar-refractivity contribution is 8.26. The van der Waals surface area contributed by atoms with Crippen molar-refractivity contribution in [2.45, 2.75) is 19.0 Å². The second-order valence-corrected chi connectivity index (χ2v) is 6.21. The number of amides is 1. The van der Waals surface area contributed by atoms with Crippen molar-refractivity contribution in [3.8, 4) is 0 Å². The number of thioether (sulfide) groups is 1. The molecule has 0 atom stereocenters. The van der Waals surface area contributed by atoms with E-state index in [9.17, 15) is 22.8 Å². The fourth-order valence-corrected chi connectivity index (χ4v) is 3.08. The van der Waals surface area contributed by atoms with E-state index < -0.39 is 23.8 Å². The lowest BCUT2D eigenvalue weighted by molar-refractivity contribution is -0.153. The van der Waals surface area contributed by atoms with E-state index in [0.717, 1.165) is 23.9 Å². The predicted molar refractivity (Wildman–Crippen MR) is 80.5 cm³/mol. The summed E-state index contributed by atoms with van der Waals surface area (Å²) in [6.07, 6.45) is -3.29. The number of carboxylic acid groups (broad SMARTS) is 1. The molecular weight excluding hydrogens is 355 g/mol. The van der Waals surface area contributed by atoms with Gasteiger partial charge < -0.3 is 9.52 Å². The van der Waals surface area contributed by atoms with Gasteiger partial charge >= 0.3 is 12.1 Å². The molecule has 0 aliphatic carbocycles. The number of hydrogen-bond donors (Lipinski definition) is 1. The van der Waals surface area contributed by atoms with E-state index in [4.69, 9.17) is 17.3 Å². The van der Waals surface area contributed by atoms with E-state index in [1.54, 1.807) is 0 Å². The Hall–Kier alpha value is -1.81. The Morgan fingerprint density at radius 2 is 2.13 bits per heavy atom. The number of thiocarbonyl (C=S) groups is 1. The van der Waals surface area contributed by atoms with Crippen LogP contribution in [-0.4, -0.2) is 32.7 Å². The molecule has 124 valence electrons. The lowest BCUT2D eigenvalue weighted by Crippen LogP contribution is -2.29. The summed E-state index contributed by atoms with van der Waals surface area (Å²) in [6, 6.07) is 1.89. The first-order valence-electron chi connectivity index (χ1n) is 6.32. The van der Waals surface area contributed by atoms with Gasteiger partial charge in [0.25, 0.3) is 5.91 Å². The Morgan fingerprint density at radius 1 is 1.43 bits per heavy atom. The fraction of sp³-hybridized carbons (Fsp3) is 0.308. The molecule has 1 aliphatic heterocycles. The summed E-state index contributed by atoms with van der Waals surface area (Å²) in [5.41, 5.74) is 0. The number of carbonyl (C=O) groups excluding carboxylic acids is 1. The molecule has 23 heavy (non-hydrogen) atoms. The van der Waals surface area contributed by atoms with Crippen LogP contribution in [-0.2, 0) is 15.8 Å². The third kappa shape index (κ3) is 4.35. The second kappa shape index (κ2) is 6.75. The summed E-state index contributed by atoms with van der Waals surface area (Å²) < 4.78 is 42.2. The van der Waals surface area contributed by atoms with Gasteiger partial charge in [-0.15, -0.1) is 0 Å². The molecule has 0 spiro atoms. The first kappa shape index (κ1) is 17.5. The third-order valence-electron chi connectivity index (χ3n) is 2.83. The minimum atomic E-state index is -4.60. The number of halogens is 3. The summed E-state index contributed by atoms with van der Waals surface area (Å²) in [4.78, 5) is 24.0. The van der Waals surface area contributed by atoms with Crippen LogP contribution in [0.2, 0.25) is 0 Å². The highest BCUT2D eigenvalue weighted by atomic mass is 32.2. The van der Waals surface area contributed by atoms with Gasteiger partial charge in [0.2, 0.25) is 5.76 Å². The van der Waals surface area contributed by atoms with Crippen LogP contribution in [0.5, 0.6) is 0 Å². The maximum atomic E-state index is 12.5. The molecule has 1 aromatic heterocycles. The highest BCUT2D eigenvalue weighted by Gasteiger charge is 2.35. The first-order chi connectivity index (χ1) is 10.7. The standard InChI is InChI=1S/C13H10F3NO4S2/c14-13(15,16)9-4-3-7(21-9)6-8-11(20)17(12(22)23-8)5-1-2-10(18)19/h3-4,6H,1-2,5H2,(H,18,19)/b8-6+. The zero-order chi connectivity index (χ0) is 17.2. The van der Waals surface area contributed by atoms with Crippen molar-refractivity contribution in [3.05, 3.63) is 28.6 Å². The molecule has 0 aromatic carbocycles. The number of hydrogen-bond acceptors (Lipinski definition) is 5. The number of carbonyl (C=O) groups is 2. The Balaban J connectivity index is 2.09. The average molecular weight is 365 g/mol. The van der Waals surface area contributed by atoms with Crippen LogP contribution in [0.3, 0.4) is 0 Å². The van der Waals surface area contributed by atoms with Gasteiger partial charge in [0.1, 0.15) is 10.1 Å². The molecule has 0 bridgehead atoms. The normalized spacial score (nSPS) is 17.3. The molecular formula is C13H10F3NO4S2. The van der Waals surface area contributed by atoms with Crippen LogP contribution < -0.4 is 0 Å². The maximum absolute atomic E-state index is 12.5. The van der Waals surface area contributed by atoms with Crippen molar-refractivity contribution in [1.29, 1.82) is 0 Å². The maximum Gasteiger partial charge on any atom is 0.449 e. The molecule has 2 heterocycles. The Bertz CT molecular complexity index is 681. The van der Waals surface area contributed by atoms with Gasteiger partial charge in [-0.25, -0.2) is 0 Å². The quantitative estimate of drug-likeness (QED) is 0.637. The molecule has 0 saturated carbocycles. The molecule has 1 amide bonds. The summed E-state index contributed by atoms with van der Waals surface area (Å²) in [7, 11) is 0. The Morgan fingerprint density at radius 3 is 2.70 bits per heavy atom. The van der Waals surface area contributed by atoms with Crippen LogP contribution in [0, 0.1) is 0 Å². The van der Waals surface area contributed by atoms with Crippen molar-refractivity contribution >= 4 is 46.3 Å². The zero-order valence-corrected chi connectivity index (χ0v) is 13.1. The molecule has 0 unspecified atom stereocenters. The van der Waals surface area contributed by atoms with Crippen molar-refractivity contribution in [2.75, 3.05) is 6.54 Å². The SMILES string of the molecule is O=C(O)CCCN1C(=O)/C(=C\c2ccc(C(F)(F)F)o2)SC1=S. The lowest BCUT2D eigenvalue weighted by atomic mass is 10.3. The van der Waals surface area contributed by atoms with Crippen LogP contribution in [0.4, 0.5) is 13.2 Å². The van der Waals surface area contributed by atoms with E-state index in [0.29, 0.717) is 0 Å². The monoisotopic (exact) mass is 365 g/mol. The minimum absolute atomic E-state index is 0.108. The number of alkyl halides is 3. The number of rotatable bonds is 5. The van der Waals surface area contributed by atoms with E-state index >= 15 is 0 Å². The molecule has 1 saturated heterocycles. The topological polar surface area (TPSA) is 70.8 Å². The van der Waals surface area contributed by atoms with Gasteiger partial charge in [-0.2, -0.15) is 13.2 Å². The zero-order valence-electron chi connectivity index (χ0n) is 11.4. The summed E-state index contributed by atoms with van der Waals surface area (Å²) >= 11 is 5.96. The molecule has 1 N–H and O–H groups in total. The average Bonchev–Trinajstić information content (AvgIpc) is 2.99. The predicted octanol–water partition coefficient (Wildman–Crippen LogP) is 3.36. The molecule has 10 heteroatoms. The van der Waals surface area contributed by atoms with Crippen molar-refractivity contribution in [3.63, 3.8) is 0 Å². The van der Waals surface area contributed by atoms with E-state index in [-0.39, 0.29) is 34.4 Å². The van der Waals surface area contributed by atoms with Gasteiger partial charge in [0.15, 0.2) is 0 Å². The van der Waals surface area contributed by atoms with Crippen LogP contribution in [0.1, 0.15) is 24.4 Å². The third-order valence-corrected chi connectivity index (χ3v) is 4.20. The van der Waals surface area contributed by atoms with E-state index in [1.165, 1.54) is 11.0 Å². The summed E-state index contributed by atoms with van der Waals surface area (Å²) in [6.45, 7) is 0.139. The van der Waals surface area contributed by atoms with Gasteiger partial charge in [0.05, 0.1) is 4.91 Å². The Labute approximate surface area is 138 Å². The van der Waals surface area contributed by atoms with Gasteiger partial charge in [-0.05, 0) is 18.6 Å². The summed E-state index contributed by atoms with van der Waals surface area (Å²) in [5.74, 6) is -2.72. The lowest BCUT2D eigenvalue weighted by Gasteiger charge is -2.13.